The predicted octanol–water partition coefficient (Wildman–Crippen LogP) is 4.56. The lowest BCUT2D eigenvalue weighted by Gasteiger charge is -2.16. The number of hydrogen-bond donors (Lipinski definition) is 1. The molecule has 0 spiro atoms. The first-order valence-electron chi connectivity index (χ1n) is 6.30. The average molecular weight is 243 g/mol. The van der Waals surface area contributed by atoms with Gasteiger partial charge >= 0.3 is 0 Å². The van der Waals surface area contributed by atoms with Gasteiger partial charge in [0.25, 0.3) is 0 Å². The molecule has 0 radical (unpaired) electrons. The molecular weight excluding hydrogens is 225 g/mol. The summed E-state index contributed by atoms with van der Waals surface area (Å²) in [6.07, 6.45) is 1.03. The van der Waals surface area contributed by atoms with Gasteiger partial charge in [-0.05, 0) is 37.1 Å². The van der Waals surface area contributed by atoms with Crippen molar-refractivity contribution in [3.63, 3.8) is 0 Å². The number of benzene rings is 2. The van der Waals surface area contributed by atoms with Crippen LogP contribution in [0.5, 0.6) is 0 Å². The second kappa shape index (κ2) is 5.67. The molecule has 1 unspecified atom stereocenters. The van der Waals surface area contributed by atoms with Crippen LogP contribution >= 0.6 is 0 Å². The molecule has 2 rings (SSSR count). The van der Waals surface area contributed by atoms with Crippen LogP contribution < -0.4 is 5.32 Å². The van der Waals surface area contributed by atoms with Gasteiger partial charge in [-0.15, -0.1) is 0 Å². The number of hydrogen-bond acceptors (Lipinski definition) is 1. The molecule has 0 aliphatic carbocycles. The highest BCUT2D eigenvalue weighted by Gasteiger charge is 2.09. The van der Waals surface area contributed by atoms with E-state index in [0.717, 1.165) is 12.1 Å². The number of aryl methyl sites for hydroxylation is 1. The van der Waals surface area contributed by atoms with Gasteiger partial charge in [0.05, 0.1) is 6.04 Å². The van der Waals surface area contributed by atoms with E-state index in [0.29, 0.717) is 5.56 Å². The molecule has 0 bridgehead atoms. The first kappa shape index (κ1) is 12.6. The largest absolute Gasteiger partial charge is 0.378 e. The minimum atomic E-state index is -0.164. The number of halogens is 1. The van der Waals surface area contributed by atoms with Gasteiger partial charge in [-0.1, -0.05) is 37.3 Å². The summed E-state index contributed by atoms with van der Waals surface area (Å²) in [5.41, 5.74) is 3.01. The molecule has 94 valence electrons. The van der Waals surface area contributed by atoms with Gasteiger partial charge in [0.15, 0.2) is 0 Å². The third-order valence-electron chi connectivity index (χ3n) is 3.12. The van der Waals surface area contributed by atoms with E-state index in [2.05, 4.69) is 24.4 Å². The summed E-state index contributed by atoms with van der Waals surface area (Å²) in [4.78, 5) is 0. The van der Waals surface area contributed by atoms with Crippen LogP contribution in [0.15, 0.2) is 48.5 Å². The van der Waals surface area contributed by atoms with Crippen molar-refractivity contribution < 1.29 is 4.39 Å². The Balaban J connectivity index is 2.11. The van der Waals surface area contributed by atoms with Crippen molar-refractivity contribution >= 4 is 5.69 Å². The van der Waals surface area contributed by atoms with Gasteiger partial charge in [-0.25, -0.2) is 4.39 Å². The van der Waals surface area contributed by atoms with Crippen LogP contribution in [0, 0.1) is 5.82 Å². The van der Waals surface area contributed by atoms with E-state index in [1.807, 2.05) is 31.2 Å². The molecule has 0 heterocycles. The molecule has 0 aromatic heterocycles. The highest BCUT2D eigenvalue weighted by atomic mass is 19.1. The Hall–Kier alpha value is -1.83. The summed E-state index contributed by atoms with van der Waals surface area (Å²) in [6, 6.07) is 15.1. The van der Waals surface area contributed by atoms with Crippen LogP contribution in [0.2, 0.25) is 0 Å². The van der Waals surface area contributed by atoms with Crippen molar-refractivity contribution in [2.24, 2.45) is 0 Å². The Kier molecular flexibility index (Phi) is 3.98. The summed E-state index contributed by atoms with van der Waals surface area (Å²) in [6.45, 7) is 4.09. The predicted molar refractivity (Wildman–Crippen MR) is 74.3 cm³/mol. The minimum absolute atomic E-state index is 0.0429. The van der Waals surface area contributed by atoms with Gasteiger partial charge in [-0.3, -0.25) is 0 Å². The van der Waals surface area contributed by atoms with Crippen molar-refractivity contribution in [1.29, 1.82) is 0 Å². The molecular formula is C16H18FN. The van der Waals surface area contributed by atoms with Crippen LogP contribution in [-0.4, -0.2) is 0 Å². The molecule has 2 heteroatoms. The fourth-order valence-corrected chi connectivity index (χ4v) is 1.99. The Morgan fingerprint density at radius 1 is 1.06 bits per heavy atom. The van der Waals surface area contributed by atoms with Crippen LogP contribution in [0.1, 0.15) is 31.0 Å². The molecule has 18 heavy (non-hydrogen) atoms. The molecule has 1 N–H and O–H groups in total. The molecule has 2 aromatic carbocycles. The smallest absolute Gasteiger partial charge is 0.128 e. The van der Waals surface area contributed by atoms with E-state index < -0.39 is 0 Å². The van der Waals surface area contributed by atoms with Crippen LogP contribution in [0.4, 0.5) is 10.1 Å². The van der Waals surface area contributed by atoms with Crippen molar-refractivity contribution in [1.82, 2.24) is 0 Å². The van der Waals surface area contributed by atoms with Gasteiger partial charge < -0.3 is 5.32 Å². The standard InChI is InChI=1S/C16H18FN/c1-3-13-8-10-14(11-9-13)18-12(2)15-6-4-5-7-16(15)17/h4-12,18H,3H2,1-2H3. The van der Waals surface area contributed by atoms with E-state index in [9.17, 15) is 4.39 Å². The summed E-state index contributed by atoms with van der Waals surface area (Å²) >= 11 is 0. The number of rotatable bonds is 4. The van der Waals surface area contributed by atoms with E-state index in [4.69, 9.17) is 0 Å². The molecule has 0 aliphatic rings. The van der Waals surface area contributed by atoms with Gasteiger partial charge in [0, 0.05) is 11.3 Å². The summed E-state index contributed by atoms with van der Waals surface area (Å²) in [5, 5.41) is 3.31. The SMILES string of the molecule is CCc1ccc(NC(C)c2ccccc2F)cc1. The van der Waals surface area contributed by atoms with E-state index in [-0.39, 0.29) is 11.9 Å². The molecule has 1 atom stereocenters. The zero-order valence-corrected chi connectivity index (χ0v) is 10.8. The topological polar surface area (TPSA) is 12.0 Å². The fourth-order valence-electron chi connectivity index (χ4n) is 1.99. The summed E-state index contributed by atoms with van der Waals surface area (Å²) in [5.74, 6) is -0.164. The number of anilines is 1. The van der Waals surface area contributed by atoms with Gasteiger partial charge in [0.2, 0.25) is 0 Å². The Bertz CT molecular complexity index is 505. The third kappa shape index (κ3) is 2.89. The quantitative estimate of drug-likeness (QED) is 0.830. The van der Waals surface area contributed by atoms with E-state index in [1.54, 1.807) is 6.07 Å². The Labute approximate surface area is 108 Å². The molecule has 2 aromatic rings. The second-order valence-electron chi connectivity index (χ2n) is 4.44. The molecule has 0 amide bonds. The van der Waals surface area contributed by atoms with Crippen LogP contribution in [-0.2, 0) is 6.42 Å². The Morgan fingerprint density at radius 3 is 2.33 bits per heavy atom. The number of nitrogens with one attached hydrogen (secondary N) is 1. The fraction of sp³-hybridized carbons (Fsp3) is 0.250. The van der Waals surface area contributed by atoms with E-state index in [1.165, 1.54) is 11.6 Å². The first-order valence-corrected chi connectivity index (χ1v) is 6.30. The van der Waals surface area contributed by atoms with Crippen molar-refractivity contribution in [3.8, 4) is 0 Å². The van der Waals surface area contributed by atoms with Crippen molar-refractivity contribution in [3.05, 3.63) is 65.5 Å². The van der Waals surface area contributed by atoms with Gasteiger partial charge in [0.1, 0.15) is 5.82 Å². The zero-order chi connectivity index (χ0) is 13.0. The third-order valence-corrected chi connectivity index (χ3v) is 3.12. The molecule has 0 saturated heterocycles. The second-order valence-corrected chi connectivity index (χ2v) is 4.44. The van der Waals surface area contributed by atoms with Crippen LogP contribution in [0.25, 0.3) is 0 Å². The van der Waals surface area contributed by atoms with Crippen LogP contribution in [0.3, 0.4) is 0 Å². The lowest BCUT2D eigenvalue weighted by molar-refractivity contribution is 0.600. The highest BCUT2D eigenvalue weighted by Crippen LogP contribution is 2.21. The first-order chi connectivity index (χ1) is 8.70. The minimum Gasteiger partial charge on any atom is -0.378 e. The highest BCUT2D eigenvalue weighted by molar-refractivity contribution is 5.46. The lowest BCUT2D eigenvalue weighted by atomic mass is 10.1. The Morgan fingerprint density at radius 2 is 1.72 bits per heavy atom. The van der Waals surface area contributed by atoms with Crippen molar-refractivity contribution in [2.45, 2.75) is 26.3 Å². The summed E-state index contributed by atoms with van der Waals surface area (Å²) in [7, 11) is 0. The maximum absolute atomic E-state index is 13.6. The monoisotopic (exact) mass is 243 g/mol. The van der Waals surface area contributed by atoms with E-state index >= 15 is 0 Å². The summed E-state index contributed by atoms with van der Waals surface area (Å²) < 4.78 is 13.6. The molecule has 0 fully saturated rings. The molecule has 0 aliphatic heterocycles. The molecule has 0 saturated carbocycles. The van der Waals surface area contributed by atoms with Gasteiger partial charge in [-0.2, -0.15) is 0 Å². The van der Waals surface area contributed by atoms with Crippen molar-refractivity contribution in [2.75, 3.05) is 5.32 Å². The maximum atomic E-state index is 13.6. The lowest BCUT2D eigenvalue weighted by Crippen LogP contribution is -2.08. The zero-order valence-electron chi connectivity index (χ0n) is 10.8. The molecule has 1 nitrogen and oxygen atoms in total. The maximum Gasteiger partial charge on any atom is 0.128 e. The average Bonchev–Trinajstić information content (AvgIpc) is 2.40. The normalized spacial score (nSPS) is 12.2.